The molecule has 0 radical (unpaired) electrons. The Morgan fingerprint density at radius 2 is 2.25 bits per heavy atom. The fourth-order valence-electron chi connectivity index (χ4n) is 2.08. The van der Waals surface area contributed by atoms with Gasteiger partial charge >= 0.3 is 0 Å². The van der Waals surface area contributed by atoms with Crippen LogP contribution in [0.2, 0.25) is 0 Å². The zero-order valence-electron chi connectivity index (χ0n) is 9.31. The van der Waals surface area contributed by atoms with Gasteiger partial charge < -0.3 is 4.74 Å². The summed E-state index contributed by atoms with van der Waals surface area (Å²) < 4.78 is 7.75. The summed E-state index contributed by atoms with van der Waals surface area (Å²) in [4.78, 5) is 0. The van der Waals surface area contributed by atoms with Crippen molar-refractivity contribution in [1.29, 1.82) is 0 Å². The number of aryl methyl sites for hydroxylation is 1. The number of fused-ring (bicyclic) bond motifs is 3. The Labute approximate surface area is 94.7 Å². The van der Waals surface area contributed by atoms with Crippen molar-refractivity contribution >= 4 is 0 Å². The normalized spacial score (nSPS) is 13.6. The number of ether oxygens (including phenoxy) is 1. The highest BCUT2D eigenvalue weighted by Crippen LogP contribution is 2.32. The Morgan fingerprint density at radius 3 is 3.12 bits per heavy atom. The smallest absolute Gasteiger partial charge is 0.128 e. The highest BCUT2D eigenvalue weighted by molar-refractivity contribution is 5.68. The topological polar surface area (TPSA) is 27.1 Å². The van der Waals surface area contributed by atoms with E-state index in [-0.39, 0.29) is 0 Å². The van der Waals surface area contributed by atoms with Crippen LogP contribution in [-0.2, 0) is 13.0 Å². The number of benzene rings is 1. The molecule has 0 atom stereocenters. The van der Waals surface area contributed by atoms with E-state index in [9.17, 15) is 0 Å². The fourth-order valence-corrected chi connectivity index (χ4v) is 2.08. The van der Waals surface area contributed by atoms with Crippen LogP contribution in [0.25, 0.3) is 11.3 Å². The number of hydrogen-bond donors (Lipinski definition) is 0. The van der Waals surface area contributed by atoms with Gasteiger partial charge in [-0.2, -0.15) is 5.10 Å². The molecule has 0 amide bonds. The van der Waals surface area contributed by atoms with Gasteiger partial charge in [0, 0.05) is 5.56 Å². The van der Waals surface area contributed by atoms with Gasteiger partial charge in [-0.15, -0.1) is 0 Å². The second-order valence-electron chi connectivity index (χ2n) is 3.94. The molecule has 1 aliphatic heterocycles. The first kappa shape index (κ1) is 9.46. The van der Waals surface area contributed by atoms with Gasteiger partial charge in [0.25, 0.3) is 0 Å². The van der Waals surface area contributed by atoms with E-state index in [2.05, 4.69) is 24.2 Å². The van der Waals surface area contributed by atoms with Gasteiger partial charge in [0.05, 0.1) is 17.9 Å². The molecule has 1 aliphatic rings. The van der Waals surface area contributed by atoms with E-state index >= 15 is 0 Å². The minimum absolute atomic E-state index is 0.689. The molecule has 0 unspecified atom stereocenters. The number of aromatic nitrogens is 2. The third kappa shape index (κ3) is 1.40. The lowest BCUT2D eigenvalue weighted by Gasteiger charge is -2.04. The number of para-hydroxylation sites is 1. The zero-order valence-corrected chi connectivity index (χ0v) is 9.31. The first-order valence-corrected chi connectivity index (χ1v) is 5.67. The molecule has 2 heterocycles. The predicted octanol–water partition coefficient (Wildman–Crippen LogP) is 2.50. The van der Waals surface area contributed by atoms with Crippen molar-refractivity contribution in [2.45, 2.75) is 19.9 Å². The predicted molar refractivity (Wildman–Crippen MR) is 62.5 cm³/mol. The molecule has 0 aliphatic carbocycles. The van der Waals surface area contributed by atoms with Crippen LogP contribution >= 0.6 is 0 Å². The molecule has 0 saturated heterocycles. The molecule has 3 rings (SSSR count). The van der Waals surface area contributed by atoms with Gasteiger partial charge in [0.2, 0.25) is 0 Å². The zero-order chi connectivity index (χ0) is 11.0. The van der Waals surface area contributed by atoms with Gasteiger partial charge in [-0.25, -0.2) is 0 Å². The molecule has 3 nitrogen and oxygen atoms in total. The second kappa shape index (κ2) is 3.67. The van der Waals surface area contributed by atoms with Gasteiger partial charge in [-0.3, -0.25) is 4.68 Å². The lowest BCUT2D eigenvalue weighted by atomic mass is 10.1. The van der Waals surface area contributed by atoms with Crippen molar-refractivity contribution in [1.82, 2.24) is 9.78 Å². The summed E-state index contributed by atoms with van der Waals surface area (Å²) in [5.41, 5.74) is 3.46. The summed E-state index contributed by atoms with van der Waals surface area (Å²) in [7, 11) is 0. The average molecular weight is 214 g/mol. The molecule has 3 heteroatoms. The molecule has 0 saturated carbocycles. The molecule has 0 spiro atoms. The van der Waals surface area contributed by atoms with Crippen LogP contribution < -0.4 is 4.74 Å². The summed E-state index contributed by atoms with van der Waals surface area (Å²) in [6.07, 6.45) is 0.975. The Balaban J connectivity index is 2.20. The number of hydrogen-bond acceptors (Lipinski definition) is 2. The van der Waals surface area contributed by atoms with Crippen molar-refractivity contribution in [3.05, 3.63) is 36.0 Å². The van der Waals surface area contributed by atoms with E-state index in [4.69, 9.17) is 4.74 Å². The molecule has 82 valence electrons. The third-order valence-electron chi connectivity index (χ3n) is 2.92. The van der Waals surface area contributed by atoms with E-state index < -0.39 is 0 Å². The maximum atomic E-state index is 5.70. The SMILES string of the molecule is CCc1cc2n(n1)CCOc1ccccc1-2. The minimum atomic E-state index is 0.689. The van der Waals surface area contributed by atoms with E-state index in [1.165, 1.54) is 5.69 Å². The van der Waals surface area contributed by atoms with Gasteiger partial charge in [0.1, 0.15) is 12.4 Å². The van der Waals surface area contributed by atoms with E-state index in [0.29, 0.717) is 6.61 Å². The lowest BCUT2D eigenvalue weighted by molar-refractivity contribution is 0.300. The third-order valence-corrected chi connectivity index (χ3v) is 2.92. The van der Waals surface area contributed by atoms with Crippen molar-refractivity contribution in [2.24, 2.45) is 0 Å². The second-order valence-corrected chi connectivity index (χ2v) is 3.94. The van der Waals surface area contributed by atoms with Gasteiger partial charge in [-0.1, -0.05) is 19.1 Å². The fraction of sp³-hybridized carbons (Fsp3) is 0.308. The molecule has 0 N–H and O–H groups in total. The Kier molecular flexibility index (Phi) is 2.17. The van der Waals surface area contributed by atoms with Crippen molar-refractivity contribution < 1.29 is 4.74 Å². The van der Waals surface area contributed by atoms with Crippen LogP contribution in [0.1, 0.15) is 12.6 Å². The molecule has 16 heavy (non-hydrogen) atoms. The Morgan fingerprint density at radius 1 is 1.38 bits per heavy atom. The first-order valence-electron chi connectivity index (χ1n) is 5.67. The van der Waals surface area contributed by atoms with Crippen molar-refractivity contribution in [3.8, 4) is 17.0 Å². The lowest BCUT2D eigenvalue weighted by Crippen LogP contribution is -2.07. The van der Waals surface area contributed by atoms with Crippen LogP contribution in [0.15, 0.2) is 30.3 Å². The Hall–Kier alpha value is -1.77. The quantitative estimate of drug-likeness (QED) is 0.729. The first-order chi connectivity index (χ1) is 7.88. The summed E-state index contributed by atoms with van der Waals surface area (Å²) in [6.45, 7) is 3.64. The van der Waals surface area contributed by atoms with Crippen LogP contribution in [0.4, 0.5) is 0 Å². The monoisotopic (exact) mass is 214 g/mol. The molecule has 2 aromatic rings. The largest absolute Gasteiger partial charge is 0.491 e. The van der Waals surface area contributed by atoms with E-state index in [1.54, 1.807) is 0 Å². The average Bonchev–Trinajstić information content (AvgIpc) is 2.66. The maximum Gasteiger partial charge on any atom is 0.128 e. The van der Waals surface area contributed by atoms with E-state index in [1.807, 2.05) is 22.9 Å². The highest BCUT2D eigenvalue weighted by atomic mass is 16.5. The van der Waals surface area contributed by atoms with E-state index in [0.717, 1.165) is 30.0 Å². The van der Waals surface area contributed by atoms with Crippen LogP contribution in [0, 0.1) is 0 Å². The highest BCUT2D eigenvalue weighted by Gasteiger charge is 2.16. The summed E-state index contributed by atoms with van der Waals surface area (Å²) in [6, 6.07) is 10.3. The Bertz CT molecular complexity index is 516. The molecule has 0 fully saturated rings. The van der Waals surface area contributed by atoms with Crippen LogP contribution in [0.5, 0.6) is 5.75 Å². The summed E-state index contributed by atoms with van der Waals surface area (Å²) in [5.74, 6) is 0.962. The van der Waals surface area contributed by atoms with Crippen molar-refractivity contribution in [3.63, 3.8) is 0 Å². The standard InChI is InChI=1S/C13H14N2O/c1-2-10-9-12-11-5-3-4-6-13(11)16-8-7-15(12)14-10/h3-6,9H,2,7-8H2,1H3. The van der Waals surface area contributed by atoms with Crippen molar-refractivity contribution in [2.75, 3.05) is 6.61 Å². The minimum Gasteiger partial charge on any atom is -0.491 e. The molecular weight excluding hydrogens is 200 g/mol. The molecule has 1 aromatic heterocycles. The molecule has 1 aromatic carbocycles. The number of nitrogens with zero attached hydrogens (tertiary/aromatic N) is 2. The maximum absolute atomic E-state index is 5.70. The summed E-state index contributed by atoms with van der Waals surface area (Å²) >= 11 is 0. The van der Waals surface area contributed by atoms with Gasteiger partial charge in [0.15, 0.2) is 0 Å². The summed E-state index contributed by atoms with van der Waals surface area (Å²) in [5, 5.41) is 4.56. The van der Waals surface area contributed by atoms with Crippen LogP contribution in [0.3, 0.4) is 0 Å². The van der Waals surface area contributed by atoms with Crippen LogP contribution in [-0.4, -0.2) is 16.4 Å². The number of rotatable bonds is 1. The van der Waals surface area contributed by atoms with Gasteiger partial charge in [-0.05, 0) is 24.6 Å². The molecular formula is C13H14N2O. The molecule has 0 bridgehead atoms.